The van der Waals surface area contributed by atoms with Crippen LogP contribution in [0.5, 0.6) is 0 Å². The second kappa shape index (κ2) is 11.2. The number of thiophene rings is 1. The van der Waals surface area contributed by atoms with Gasteiger partial charge in [-0.2, -0.15) is 0 Å². The summed E-state index contributed by atoms with van der Waals surface area (Å²) in [5, 5.41) is 5.70. The molecule has 9 nitrogen and oxygen atoms in total. The zero-order valence-corrected chi connectivity index (χ0v) is 20.9. The number of carbonyl (C=O) groups is 4. The Bertz CT molecular complexity index is 1350. The molecule has 2 heterocycles. The van der Waals surface area contributed by atoms with Crippen LogP contribution in [0.15, 0.2) is 48.5 Å². The number of carbonyl (C=O) groups excluding carboxylic acids is 4. The highest BCUT2D eigenvalue weighted by molar-refractivity contribution is 7.17. The number of rotatable bonds is 6. The Morgan fingerprint density at radius 3 is 2.43 bits per heavy atom. The quantitative estimate of drug-likeness (QED) is 0.451. The van der Waals surface area contributed by atoms with E-state index in [0.717, 1.165) is 11.3 Å². The molecule has 1 aromatic heterocycles. The van der Waals surface area contributed by atoms with Crippen LogP contribution in [-0.2, 0) is 22.4 Å². The highest BCUT2D eigenvalue weighted by atomic mass is 32.1. The number of esters is 1. The predicted molar refractivity (Wildman–Crippen MR) is 136 cm³/mol. The molecule has 0 saturated carbocycles. The summed E-state index contributed by atoms with van der Waals surface area (Å²) < 4.78 is 24.0. The Hall–Kier alpha value is -4.25. The zero-order valence-electron chi connectivity index (χ0n) is 20.1. The smallest absolute Gasteiger partial charge is 0.410 e. The van der Waals surface area contributed by atoms with Crippen LogP contribution in [0.2, 0.25) is 0 Å². The van der Waals surface area contributed by atoms with Crippen molar-refractivity contribution in [1.29, 1.82) is 0 Å². The third-order valence-electron chi connectivity index (χ3n) is 5.72. The molecule has 37 heavy (non-hydrogen) atoms. The lowest BCUT2D eigenvalue weighted by atomic mass is 10.0. The summed E-state index contributed by atoms with van der Waals surface area (Å²) in [4.78, 5) is 52.5. The first-order valence-electron chi connectivity index (χ1n) is 11.4. The van der Waals surface area contributed by atoms with Crippen molar-refractivity contribution in [2.75, 3.05) is 30.9 Å². The first-order chi connectivity index (χ1) is 17.8. The second-order valence-electron chi connectivity index (χ2n) is 8.04. The van der Waals surface area contributed by atoms with Gasteiger partial charge in [0.15, 0.2) is 0 Å². The minimum atomic E-state index is -0.699. The SMILES string of the molecule is CCOC(=O)N1CCc2c(sc(NC(=O)c3ccccc3F)c2C(=O)Nc2ccc(C(=O)OC)cc2)C1. The predicted octanol–water partition coefficient (Wildman–Crippen LogP) is 4.69. The Morgan fingerprint density at radius 2 is 1.76 bits per heavy atom. The van der Waals surface area contributed by atoms with Crippen molar-refractivity contribution in [2.45, 2.75) is 19.9 Å². The zero-order chi connectivity index (χ0) is 26.5. The Balaban J connectivity index is 1.65. The van der Waals surface area contributed by atoms with Gasteiger partial charge in [-0.3, -0.25) is 9.59 Å². The van der Waals surface area contributed by atoms with Gasteiger partial charge in [0.2, 0.25) is 0 Å². The van der Waals surface area contributed by atoms with E-state index >= 15 is 0 Å². The van der Waals surface area contributed by atoms with Gasteiger partial charge in [0.1, 0.15) is 10.8 Å². The maximum Gasteiger partial charge on any atom is 0.410 e. The number of methoxy groups -OCH3 is 1. The molecule has 11 heteroatoms. The lowest BCUT2D eigenvalue weighted by Crippen LogP contribution is -2.36. The van der Waals surface area contributed by atoms with Gasteiger partial charge in [0.05, 0.1) is 37.0 Å². The number of anilines is 2. The van der Waals surface area contributed by atoms with E-state index in [1.807, 2.05) is 0 Å². The van der Waals surface area contributed by atoms with Gasteiger partial charge in [-0.05, 0) is 55.3 Å². The summed E-state index contributed by atoms with van der Waals surface area (Å²) in [7, 11) is 1.28. The summed E-state index contributed by atoms with van der Waals surface area (Å²) in [6.45, 7) is 2.49. The highest BCUT2D eigenvalue weighted by Crippen LogP contribution is 2.38. The normalized spacial score (nSPS) is 12.4. The van der Waals surface area contributed by atoms with Gasteiger partial charge in [-0.25, -0.2) is 14.0 Å². The lowest BCUT2D eigenvalue weighted by Gasteiger charge is -2.26. The molecule has 0 radical (unpaired) electrons. The van der Waals surface area contributed by atoms with E-state index in [9.17, 15) is 23.6 Å². The van der Waals surface area contributed by atoms with Crippen molar-refractivity contribution < 1.29 is 33.0 Å². The molecule has 2 N–H and O–H groups in total. The van der Waals surface area contributed by atoms with E-state index in [4.69, 9.17) is 4.74 Å². The Kier molecular flexibility index (Phi) is 7.83. The average molecular weight is 526 g/mol. The molecule has 0 bridgehead atoms. The van der Waals surface area contributed by atoms with Crippen molar-refractivity contribution in [2.24, 2.45) is 0 Å². The van der Waals surface area contributed by atoms with Gasteiger partial charge < -0.3 is 25.0 Å². The van der Waals surface area contributed by atoms with E-state index in [1.165, 1.54) is 42.3 Å². The number of fused-ring (bicyclic) bond motifs is 1. The van der Waals surface area contributed by atoms with Gasteiger partial charge in [0.25, 0.3) is 11.8 Å². The average Bonchev–Trinajstić information content (AvgIpc) is 3.26. The van der Waals surface area contributed by atoms with Gasteiger partial charge in [-0.1, -0.05) is 12.1 Å². The van der Waals surface area contributed by atoms with E-state index in [1.54, 1.807) is 25.1 Å². The van der Waals surface area contributed by atoms with Crippen LogP contribution in [0.4, 0.5) is 19.9 Å². The molecule has 1 aliphatic heterocycles. The van der Waals surface area contributed by atoms with Gasteiger partial charge in [0, 0.05) is 17.1 Å². The third-order valence-corrected chi connectivity index (χ3v) is 6.85. The van der Waals surface area contributed by atoms with Crippen LogP contribution < -0.4 is 10.6 Å². The Labute approximate surface area is 216 Å². The number of hydrogen-bond acceptors (Lipinski definition) is 7. The molecule has 0 spiro atoms. The molecule has 0 saturated heterocycles. The molecule has 0 atom stereocenters. The molecule has 4 rings (SSSR count). The fraction of sp³-hybridized carbons (Fsp3) is 0.231. The van der Waals surface area contributed by atoms with E-state index in [2.05, 4.69) is 15.4 Å². The first-order valence-corrected chi connectivity index (χ1v) is 12.3. The van der Waals surface area contributed by atoms with Crippen molar-refractivity contribution >= 4 is 45.9 Å². The lowest BCUT2D eigenvalue weighted by molar-refractivity contribution is 0.0600. The molecule has 1 aliphatic rings. The molecule has 3 amide bonds. The molecule has 2 aromatic carbocycles. The van der Waals surface area contributed by atoms with Crippen LogP contribution >= 0.6 is 11.3 Å². The molecule has 0 aliphatic carbocycles. The minimum absolute atomic E-state index is 0.160. The molecule has 0 fully saturated rings. The fourth-order valence-corrected chi connectivity index (χ4v) is 5.18. The van der Waals surface area contributed by atoms with Crippen molar-refractivity contribution in [1.82, 2.24) is 4.90 Å². The van der Waals surface area contributed by atoms with E-state index in [-0.39, 0.29) is 29.3 Å². The standard InChI is InChI=1S/C26H24FN3O6S/c1-3-36-26(34)30-13-12-18-20(14-30)37-24(29-22(31)17-6-4-5-7-19(17)27)21(18)23(32)28-16-10-8-15(9-11-16)25(33)35-2/h4-11H,3,12-14H2,1-2H3,(H,28,32)(H,29,31). The highest BCUT2D eigenvalue weighted by Gasteiger charge is 2.31. The summed E-state index contributed by atoms with van der Waals surface area (Å²) in [6, 6.07) is 11.7. The maximum absolute atomic E-state index is 14.2. The molecule has 192 valence electrons. The maximum atomic E-state index is 14.2. The van der Waals surface area contributed by atoms with E-state index < -0.39 is 29.7 Å². The first kappa shape index (κ1) is 25.8. The summed E-state index contributed by atoms with van der Waals surface area (Å²) in [6.07, 6.45) is -0.0975. The van der Waals surface area contributed by atoms with Gasteiger partial charge >= 0.3 is 12.1 Å². The number of halogens is 1. The van der Waals surface area contributed by atoms with Crippen molar-refractivity contribution in [3.63, 3.8) is 0 Å². The van der Waals surface area contributed by atoms with Crippen LogP contribution in [0, 0.1) is 5.82 Å². The minimum Gasteiger partial charge on any atom is -0.465 e. The number of ether oxygens (including phenoxy) is 2. The largest absolute Gasteiger partial charge is 0.465 e. The summed E-state index contributed by atoms with van der Waals surface area (Å²) in [5.41, 5.74) is 1.52. The molecular weight excluding hydrogens is 501 g/mol. The fourth-order valence-electron chi connectivity index (χ4n) is 3.92. The number of nitrogens with zero attached hydrogens (tertiary/aromatic N) is 1. The van der Waals surface area contributed by atoms with Gasteiger partial charge in [-0.15, -0.1) is 11.3 Å². The van der Waals surface area contributed by atoms with E-state index in [0.29, 0.717) is 34.7 Å². The molecular formula is C26H24FN3O6S. The van der Waals surface area contributed by atoms with Crippen molar-refractivity contribution in [3.8, 4) is 0 Å². The number of amides is 3. The summed E-state index contributed by atoms with van der Waals surface area (Å²) >= 11 is 1.15. The summed E-state index contributed by atoms with van der Waals surface area (Å²) in [5.74, 6) is -2.38. The Morgan fingerprint density at radius 1 is 1.03 bits per heavy atom. The molecule has 3 aromatic rings. The number of nitrogens with one attached hydrogen (secondary N) is 2. The van der Waals surface area contributed by atoms with Crippen LogP contribution in [0.25, 0.3) is 0 Å². The van der Waals surface area contributed by atoms with Crippen LogP contribution in [0.3, 0.4) is 0 Å². The topological polar surface area (TPSA) is 114 Å². The van der Waals surface area contributed by atoms with Crippen molar-refractivity contribution in [3.05, 3.63) is 81.5 Å². The molecule has 0 unspecified atom stereocenters. The number of hydrogen-bond donors (Lipinski definition) is 2. The number of benzene rings is 2. The second-order valence-corrected chi connectivity index (χ2v) is 9.14. The monoisotopic (exact) mass is 525 g/mol. The third kappa shape index (κ3) is 5.61. The van der Waals surface area contributed by atoms with Crippen LogP contribution in [0.1, 0.15) is 48.4 Å². The van der Waals surface area contributed by atoms with Crippen LogP contribution in [-0.4, -0.2) is 49.0 Å².